The SMILES string of the molecule is C=C(C)C(O)C1CCC(C)O1. The second-order valence-electron chi connectivity index (χ2n) is 3.35. The molecule has 0 aliphatic carbocycles. The van der Waals surface area contributed by atoms with E-state index in [1.807, 2.05) is 13.8 Å². The van der Waals surface area contributed by atoms with Gasteiger partial charge in [-0.25, -0.2) is 0 Å². The first-order chi connectivity index (χ1) is 5.11. The van der Waals surface area contributed by atoms with Gasteiger partial charge in [-0.05, 0) is 32.3 Å². The van der Waals surface area contributed by atoms with Gasteiger partial charge in [0.2, 0.25) is 0 Å². The van der Waals surface area contributed by atoms with Gasteiger partial charge in [0.05, 0.1) is 12.2 Å². The van der Waals surface area contributed by atoms with Gasteiger partial charge in [0.1, 0.15) is 6.10 Å². The molecule has 1 aliphatic rings. The third-order valence-electron chi connectivity index (χ3n) is 2.12. The Balaban J connectivity index is 2.43. The molecular weight excluding hydrogens is 140 g/mol. The van der Waals surface area contributed by atoms with Crippen LogP contribution in [0, 0.1) is 0 Å². The lowest BCUT2D eigenvalue weighted by Gasteiger charge is -2.17. The van der Waals surface area contributed by atoms with Gasteiger partial charge in [0.15, 0.2) is 0 Å². The van der Waals surface area contributed by atoms with Gasteiger partial charge in [-0.2, -0.15) is 0 Å². The number of ether oxygens (including phenoxy) is 1. The van der Waals surface area contributed by atoms with Crippen molar-refractivity contribution in [2.75, 3.05) is 0 Å². The van der Waals surface area contributed by atoms with Gasteiger partial charge in [-0.15, -0.1) is 0 Å². The van der Waals surface area contributed by atoms with E-state index in [0.717, 1.165) is 18.4 Å². The lowest BCUT2D eigenvalue weighted by atomic mass is 10.1. The summed E-state index contributed by atoms with van der Waals surface area (Å²) in [6.07, 6.45) is 1.82. The van der Waals surface area contributed by atoms with Crippen molar-refractivity contribution in [3.8, 4) is 0 Å². The highest BCUT2D eigenvalue weighted by Crippen LogP contribution is 2.23. The fraction of sp³-hybridized carbons (Fsp3) is 0.778. The van der Waals surface area contributed by atoms with E-state index >= 15 is 0 Å². The molecule has 0 aromatic carbocycles. The first kappa shape index (κ1) is 8.75. The van der Waals surface area contributed by atoms with Crippen LogP contribution in [0.3, 0.4) is 0 Å². The molecule has 3 atom stereocenters. The molecule has 0 bridgehead atoms. The number of rotatable bonds is 2. The zero-order valence-corrected chi connectivity index (χ0v) is 7.21. The predicted octanol–water partition coefficient (Wildman–Crippen LogP) is 1.49. The van der Waals surface area contributed by atoms with Gasteiger partial charge in [0.25, 0.3) is 0 Å². The third-order valence-corrected chi connectivity index (χ3v) is 2.12. The quantitative estimate of drug-likeness (QED) is 0.614. The second-order valence-corrected chi connectivity index (χ2v) is 3.35. The Bertz CT molecular complexity index is 154. The Morgan fingerprint density at radius 1 is 1.64 bits per heavy atom. The Morgan fingerprint density at radius 2 is 2.27 bits per heavy atom. The molecule has 3 unspecified atom stereocenters. The van der Waals surface area contributed by atoms with Crippen molar-refractivity contribution in [2.24, 2.45) is 0 Å². The summed E-state index contributed by atoms with van der Waals surface area (Å²) in [5, 5.41) is 9.52. The maximum absolute atomic E-state index is 9.52. The summed E-state index contributed by atoms with van der Waals surface area (Å²) in [5.41, 5.74) is 0.795. The molecule has 1 rings (SSSR count). The van der Waals surface area contributed by atoms with E-state index in [0.29, 0.717) is 6.10 Å². The zero-order valence-electron chi connectivity index (χ0n) is 7.21. The zero-order chi connectivity index (χ0) is 8.43. The topological polar surface area (TPSA) is 29.5 Å². The smallest absolute Gasteiger partial charge is 0.101 e. The van der Waals surface area contributed by atoms with Crippen LogP contribution in [0.25, 0.3) is 0 Å². The van der Waals surface area contributed by atoms with Crippen molar-refractivity contribution in [3.63, 3.8) is 0 Å². The first-order valence-electron chi connectivity index (χ1n) is 4.10. The monoisotopic (exact) mass is 156 g/mol. The fourth-order valence-corrected chi connectivity index (χ4v) is 1.38. The summed E-state index contributed by atoms with van der Waals surface area (Å²) in [5.74, 6) is 0. The Morgan fingerprint density at radius 3 is 2.64 bits per heavy atom. The molecule has 0 radical (unpaired) electrons. The first-order valence-corrected chi connectivity index (χ1v) is 4.10. The van der Waals surface area contributed by atoms with Crippen LogP contribution < -0.4 is 0 Å². The minimum Gasteiger partial charge on any atom is -0.386 e. The lowest BCUT2D eigenvalue weighted by Crippen LogP contribution is -2.26. The molecule has 1 heterocycles. The molecular formula is C9H16O2. The minimum atomic E-state index is -0.472. The molecule has 0 amide bonds. The van der Waals surface area contributed by atoms with Crippen LogP contribution in [0.15, 0.2) is 12.2 Å². The molecule has 64 valence electrons. The van der Waals surface area contributed by atoms with Crippen molar-refractivity contribution in [1.82, 2.24) is 0 Å². The summed E-state index contributed by atoms with van der Waals surface area (Å²) in [6, 6.07) is 0. The van der Waals surface area contributed by atoms with Crippen molar-refractivity contribution in [2.45, 2.75) is 45.0 Å². The average Bonchev–Trinajstić information content (AvgIpc) is 2.34. The second kappa shape index (κ2) is 3.37. The van der Waals surface area contributed by atoms with E-state index in [1.54, 1.807) is 0 Å². The van der Waals surface area contributed by atoms with Crippen LogP contribution >= 0.6 is 0 Å². The molecule has 1 fully saturated rings. The molecule has 0 aromatic rings. The molecule has 11 heavy (non-hydrogen) atoms. The van der Waals surface area contributed by atoms with Crippen LogP contribution in [0.4, 0.5) is 0 Å². The molecule has 2 heteroatoms. The number of aliphatic hydroxyl groups is 1. The Labute approximate surface area is 67.9 Å². The van der Waals surface area contributed by atoms with Crippen molar-refractivity contribution >= 4 is 0 Å². The van der Waals surface area contributed by atoms with Gasteiger partial charge < -0.3 is 9.84 Å². The van der Waals surface area contributed by atoms with E-state index in [-0.39, 0.29) is 6.10 Å². The van der Waals surface area contributed by atoms with Gasteiger partial charge in [-0.3, -0.25) is 0 Å². The average molecular weight is 156 g/mol. The van der Waals surface area contributed by atoms with E-state index < -0.39 is 6.10 Å². The summed E-state index contributed by atoms with van der Waals surface area (Å²) in [4.78, 5) is 0. The van der Waals surface area contributed by atoms with Gasteiger partial charge >= 0.3 is 0 Å². The molecule has 0 spiro atoms. The Kier molecular flexibility index (Phi) is 2.68. The largest absolute Gasteiger partial charge is 0.386 e. The van der Waals surface area contributed by atoms with E-state index in [2.05, 4.69) is 6.58 Å². The third kappa shape index (κ3) is 2.04. The van der Waals surface area contributed by atoms with Crippen LogP contribution in [0.2, 0.25) is 0 Å². The molecule has 2 nitrogen and oxygen atoms in total. The highest BCUT2D eigenvalue weighted by molar-refractivity contribution is 5.01. The summed E-state index contributed by atoms with van der Waals surface area (Å²) >= 11 is 0. The van der Waals surface area contributed by atoms with Gasteiger partial charge in [-0.1, -0.05) is 6.58 Å². The van der Waals surface area contributed by atoms with Crippen molar-refractivity contribution < 1.29 is 9.84 Å². The highest BCUT2D eigenvalue weighted by Gasteiger charge is 2.28. The normalized spacial score (nSPS) is 33.7. The number of aliphatic hydroxyl groups excluding tert-OH is 1. The minimum absolute atomic E-state index is 0.0116. The van der Waals surface area contributed by atoms with Crippen molar-refractivity contribution in [3.05, 3.63) is 12.2 Å². The maximum Gasteiger partial charge on any atom is 0.101 e. The summed E-state index contributed by atoms with van der Waals surface area (Å²) in [7, 11) is 0. The lowest BCUT2D eigenvalue weighted by molar-refractivity contribution is -0.0130. The molecule has 0 aromatic heterocycles. The van der Waals surface area contributed by atoms with Gasteiger partial charge in [0, 0.05) is 0 Å². The van der Waals surface area contributed by atoms with E-state index in [1.165, 1.54) is 0 Å². The summed E-state index contributed by atoms with van der Waals surface area (Å²) in [6.45, 7) is 7.56. The van der Waals surface area contributed by atoms with Crippen LogP contribution in [-0.4, -0.2) is 23.4 Å². The standard InChI is InChI=1S/C9H16O2/c1-6(2)9(10)8-5-4-7(3)11-8/h7-10H,1,4-5H2,2-3H3. The van der Waals surface area contributed by atoms with Crippen LogP contribution in [0.1, 0.15) is 26.7 Å². The van der Waals surface area contributed by atoms with Crippen LogP contribution in [0.5, 0.6) is 0 Å². The molecule has 1 saturated heterocycles. The Hall–Kier alpha value is -0.340. The number of hydrogen-bond donors (Lipinski definition) is 1. The molecule has 1 N–H and O–H groups in total. The molecule has 1 aliphatic heterocycles. The van der Waals surface area contributed by atoms with Crippen LogP contribution in [-0.2, 0) is 4.74 Å². The van der Waals surface area contributed by atoms with E-state index in [9.17, 15) is 5.11 Å². The predicted molar refractivity (Wildman–Crippen MR) is 44.4 cm³/mol. The fourth-order valence-electron chi connectivity index (χ4n) is 1.38. The van der Waals surface area contributed by atoms with E-state index in [4.69, 9.17) is 4.74 Å². The number of hydrogen-bond acceptors (Lipinski definition) is 2. The van der Waals surface area contributed by atoms with Crippen molar-refractivity contribution in [1.29, 1.82) is 0 Å². The highest BCUT2D eigenvalue weighted by atomic mass is 16.5. The molecule has 0 saturated carbocycles. The maximum atomic E-state index is 9.52. The summed E-state index contributed by atoms with van der Waals surface area (Å²) < 4.78 is 5.47.